The van der Waals surface area contributed by atoms with Crippen LogP contribution in [0.3, 0.4) is 0 Å². The first-order valence-corrected chi connectivity index (χ1v) is 20.9. The van der Waals surface area contributed by atoms with Crippen LogP contribution in [0.15, 0.2) is 78.2 Å². The number of anilines is 3. The highest BCUT2D eigenvalue weighted by Gasteiger charge is 2.54. The Balaban J connectivity index is 0.818. The zero-order valence-corrected chi connectivity index (χ0v) is 35.1. The zero-order valence-electron chi connectivity index (χ0n) is 34.2. The average Bonchev–Trinajstić information content (AvgIpc) is 3.93. The van der Waals surface area contributed by atoms with E-state index in [2.05, 4.69) is 10.6 Å². The maximum absolute atomic E-state index is 14.0. The molecule has 0 aliphatic carbocycles. The largest absolute Gasteiger partial charge is 0.491 e. The summed E-state index contributed by atoms with van der Waals surface area (Å²) in [7, 11) is 0. The molecule has 3 aromatic carbocycles. The van der Waals surface area contributed by atoms with Crippen LogP contribution in [0.1, 0.15) is 69.6 Å². The maximum Gasteiger partial charge on any atom is 0.417 e. The Hall–Kier alpha value is -6.33. The smallest absolute Gasteiger partial charge is 0.417 e. The molecule has 1 aromatic heterocycles. The van der Waals surface area contributed by atoms with Crippen LogP contribution in [0.2, 0.25) is 0 Å². The lowest BCUT2D eigenvalue weighted by molar-refractivity contribution is -0.138. The molecule has 15 nitrogen and oxygen atoms in total. The number of nitrogens with zero attached hydrogens (tertiary/aromatic N) is 4. The van der Waals surface area contributed by atoms with Crippen molar-refractivity contribution >= 4 is 57.9 Å². The van der Waals surface area contributed by atoms with Gasteiger partial charge in [0.1, 0.15) is 30.1 Å². The summed E-state index contributed by atoms with van der Waals surface area (Å²) in [5, 5.41) is 16.5. The fraction of sp³-hybridized carbons (Fsp3) is 0.364. The van der Waals surface area contributed by atoms with Gasteiger partial charge in [-0.2, -0.15) is 18.4 Å². The zero-order chi connectivity index (χ0) is 44.9. The van der Waals surface area contributed by atoms with Crippen molar-refractivity contribution in [3.05, 3.63) is 105 Å². The number of ether oxygens (including phenoxy) is 4. The molecule has 3 aliphatic rings. The van der Waals surface area contributed by atoms with Crippen molar-refractivity contribution < 1.29 is 56.1 Å². The molecule has 1 unspecified atom stereocenters. The first kappa shape index (κ1) is 44.7. The number of nitrogens with one attached hydrogen (secondary N) is 2. The third-order valence-electron chi connectivity index (χ3n) is 10.7. The van der Waals surface area contributed by atoms with Crippen molar-refractivity contribution in [3.8, 4) is 11.8 Å². The summed E-state index contributed by atoms with van der Waals surface area (Å²) in [5.41, 5.74) is -1.32. The number of thiophene rings is 1. The summed E-state index contributed by atoms with van der Waals surface area (Å²) in [6, 6.07) is 19.4. The van der Waals surface area contributed by atoms with Crippen LogP contribution in [0.25, 0.3) is 0 Å². The van der Waals surface area contributed by atoms with Crippen molar-refractivity contribution in [2.45, 2.75) is 50.6 Å². The van der Waals surface area contributed by atoms with E-state index in [4.69, 9.17) is 18.9 Å². The molecule has 0 radical (unpaired) electrons. The fourth-order valence-corrected chi connectivity index (χ4v) is 8.55. The average molecular weight is 889 g/mol. The Morgan fingerprint density at radius 3 is 2.17 bits per heavy atom. The van der Waals surface area contributed by atoms with Gasteiger partial charge in [0.2, 0.25) is 11.8 Å². The Bertz CT molecular complexity index is 2400. The van der Waals surface area contributed by atoms with Crippen LogP contribution in [-0.4, -0.2) is 98.8 Å². The molecule has 0 saturated carbocycles. The van der Waals surface area contributed by atoms with E-state index in [0.29, 0.717) is 50.1 Å². The number of rotatable bonds is 18. The van der Waals surface area contributed by atoms with Gasteiger partial charge in [0.15, 0.2) is 0 Å². The number of amides is 5. The first-order valence-electron chi connectivity index (χ1n) is 20.0. The Morgan fingerprint density at radius 1 is 0.841 bits per heavy atom. The summed E-state index contributed by atoms with van der Waals surface area (Å²) in [6.07, 6.45) is -5.44. The third kappa shape index (κ3) is 9.39. The molecule has 2 atom stereocenters. The highest BCUT2D eigenvalue weighted by molar-refractivity contribution is 7.10. The number of piperidine rings is 1. The number of benzene rings is 3. The summed E-state index contributed by atoms with van der Waals surface area (Å²) in [6.45, 7) is 5.83. The molecule has 2 N–H and O–H groups in total. The number of imide groups is 2. The van der Waals surface area contributed by atoms with Crippen molar-refractivity contribution in [3.63, 3.8) is 0 Å². The predicted octanol–water partition coefficient (Wildman–Crippen LogP) is 5.91. The van der Waals surface area contributed by atoms with Gasteiger partial charge in [-0.15, -0.1) is 11.3 Å². The fourth-order valence-electron chi connectivity index (χ4n) is 7.74. The van der Waals surface area contributed by atoms with Crippen LogP contribution < -0.4 is 25.2 Å². The van der Waals surface area contributed by atoms with Gasteiger partial charge in [0.05, 0.1) is 68.0 Å². The number of hydrogen-bond donors (Lipinski definition) is 2. The second kappa shape index (κ2) is 19.0. The second-order valence-electron chi connectivity index (χ2n) is 15.1. The molecule has 63 heavy (non-hydrogen) atoms. The van der Waals surface area contributed by atoms with Crippen molar-refractivity contribution in [2.24, 2.45) is 0 Å². The molecule has 2 saturated heterocycles. The molecule has 4 aromatic rings. The lowest BCUT2D eigenvalue weighted by Gasteiger charge is -2.35. The minimum atomic E-state index is -4.79. The lowest BCUT2D eigenvalue weighted by Crippen LogP contribution is -2.54. The SMILES string of the molecule is CC1(C)C(=O)N(c2ccc(C#N)c(C(F)(F)F)c2)C(c2cccs2)N1c1ccc(OCCOCCOCCOCCNc2cccc3c2C(=O)N([C@@H]2CCC(=O)NC2=O)C3=O)cc1. The van der Waals surface area contributed by atoms with Crippen molar-refractivity contribution in [2.75, 3.05) is 67.9 Å². The quantitative estimate of drug-likeness (QED) is 0.0893. The summed E-state index contributed by atoms with van der Waals surface area (Å²) < 4.78 is 64.5. The summed E-state index contributed by atoms with van der Waals surface area (Å²) in [4.78, 5) is 69.1. The number of hydrogen-bond acceptors (Lipinski definition) is 13. The molecule has 2 fully saturated rings. The second-order valence-corrected chi connectivity index (χ2v) is 16.1. The Kier molecular flexibility index (Phi) is 13.5. The minimum Gasteiger partial charge on any atom is -0.491 e. The lowest BCUT2D eigenvalue weighted by atomic mass is 10.0. The number of carbonyl (C=O) groups is 5. The highest BCUT2D eigenvalue weighted by atomic mass is 32.1. The van der Waals surface area contributed by atoms with Gasteiger partial charge < -0.3 is 29.2 Å². The molecule has 5 amide bonds. The number of alkyl halides is 3. The van der Waals surface area contributed by atoms with Gasteiger partial charge >= 0.3 is 6.18 Å². The summed E-state index contributed by atoms with van der Waals surface area (Å²) in [5.74, 6) is -2.14. The number of halogens is 3. The maximum atomic E-state index is 14.0. The Labute approximate surface area is 364 Å². The van der Waals surface area contributed by atoms with Crippen LogP contribution in [0, 0.1) is 11.3 Å². The monoisotopic (exact) mass is 888 g/mol. The highest BCUT2D eigenvalue weighted by Crippen LogP contribution is 2.48. The van der Waals surface area contributed by atoms with Gasteiger partial charge in [-0.1, -0.05) is 12.1 Å². The third-order valence-corrected chi connectivity index (χ3v) is 11.6. The van der Waals surface area contributed by atoms with Gasteiger partial charge in [-0.3, -0.25) is 39.1 Å². The molecule has 7 rings (SSSR count). The van der Waals surface area contributed by atoms with Crippen LogP contribution >= 0.6 is 11.3 Å². The predicted molar refractivity (Wildman–Crippen MR) is 223 cm³/mol. The molecular weight excluding hydrogens is 846 g/mol. The van der Waals surface area contributed by atoms with E-state index in [9.17, 15) is 42.4 Å². The molecule has 0 spiro atoms. The molecule has 3 aliphatic heterocycles. The van der Waals surface area contributed by atoms with E-state index < -0.39 is 64.6 Å². The minimum absolute atomic E-state index is 0.0279. The first-order chi connectivity index (χ1) is 30.2. The van der Waals surface area contributed by atoms with Crippen molar-refractivity contribution in [1.29, 1.82) is 5.26 Å². The van der Waals surface area contributed by atoms with E-state index in [0.717, 1.165) is 21.9 Å². The molecule has 4 heterocycles. The van der Waals surface area contributed by atoms with Crippen LogP contribution in [0.4, 0.5) is 30.2 Å². The molecule has 330 valence electrons. The molecule has 0 bridgehead atoms. The topological polar surface area (TPSA) is 180 Å². The van der Waals surface area contributed by atoms with E-state index in [1.54, 1.807) is 56.3 Å². The van der Waals surface area contributed by atoms with Gasteiger partial charge in [-0.05, 0) is 86.3 Å². The van der Waals surface area contributed by atoms with Crippen LogP contribution in [-0.2, 0) is 34.8 Å². The number of carbonyl (C=O) groups excluding carboxylic acids is 5. The van der Waals surface area contributed by atoms with E-state index in [1.165, 1.54) is 28.4 Å². The number of fused-ring (bicyclic) bond motifs is 1. The van der Waals surface area contributed by atoms with E-state index in [-0.39, 0.29) is 49.5 Å². The molecule has 19 heteroatoms. The van der Waals surface area contributed by atoms with Crippen molar-refractivity contribution in [1.82, 2.24) is 10.2 Å². The van der Waals surface area contributed by atoms with E-state index >= 15 is 0 Å². The van der Waals surface area contributed by atoms with Gasteiger partial charge in [0.25, 0.3) is 17.7 Å². The van der Waals surface area contributed by atoms with Gasteiger partial charge in [-0.25, -0.2) is 0 Å². The molecular formula is C44H43F3N6O9S. The van der Waals surface area contributed by atoms with E-state index in [1.807, 2.05) is 22.4 Å². The normalized spacial score (nSPS) is 18.5. The van der Waals surface area contributed by atoms with Crippen LogP contribution in [0.5, 0.6) is 5.75 Å². The Morgan fingerprint density at radius 2 is 1.52 bits per heavy atom. The standard InChI is InChI=1S/C44H43F3N6O9S/c1-43(2)42(58)51(29-9-8-27(26-48)32(25-29)44(45,46)47)39(35-7-4-24-63-35)53(43)28-10-12-30(13-11-28)62-23-22-61-21-20-60-19-18-59-17-16-49-33-6-3-5-31-37(33)41(57)52(40(31)56)34-14-15-36(54)50-38(34)55/h3-13,24-25,34,39,49H,14-23H2,1-2H3,(H,50,54,55)/t34-,39?/m1/s1. The number of nitriles is 1. The van der Waals surface area contributed by atoms with Gasteiger partial charge in [0, 0.05) is 34.9 Å². The summed E-state index contributed by atoms with van der Waals surface area (Å²) >= 11 is 1.37.